The third kappa shape index (κ3) is 4.54. The lowest BCUT2D eigenvalue weighted by Crippen LogP contribution is -2.32. The molecule has 0 radical (unpaired) electrons. The molecule has 4 rings (SSSR count). The third-order valence-electron chi connectivity index (χ3n) is 5.02. The molecule has 0 atom stereocenters. The number of para-hydroxylation sites is 1. The predicted molar refractivity (Wildman–Crippen MR) is 120 cm³/mol. The molecule has 0 N–H and O–H groups in total. The van der Waals surface area contributed by atoms with Crippen LogP contribution in [0.3, 0.4) is 0 Å². The van der Waals surface area contributed by atoms with Crippen LogP contribution in [0.15, 0.2) is 72.8 Å². The van der Waals surface area contributed by atoms with E-state index in [4.69, 9.17) is 0 Å². The Morgan fingerprint density at radius 2 is 1.72 bits per heavy atom. The fourth-order valence-electron chi connectivity index (χ4n) is 3.57. The summed E-state index contributed by atoms with van der Waals surface area (Å²) in [5, 5.41) is 0.912. The number of carbonyl (C=O) groups is 1. The quantitative estimate of drug-likeness (QED) is 0.410. The van der Waals surface area contributed by atoms with Crippen molar-refractivity contribution in [3.05, 3.63) is 99.4 Å². The smallest absolute Gasteiger partial charge is 0.254 e. The van der Waals surface area contributed by atoms with Crippen molar-refractivity contribution >= 4 is 28.1 Å². The van der Waals surface area contributed by atoms with Crippen molar-refractivity contribution in [2.45, 2.75) is 26.8 Å². The topological polar surface area (TPSA) is 33.2 Å². The number of aromatic nitrogens is 1. The average Bonchev–Trinajstić information content (AvgIpc) is 3.15. The van der Waals surface area contributed by atoms with Gasteiger partial charge in [0.05, 0.1) is 17.6 Å². The highest BCUT2D eigenvalue weighted by atomic mass is 32.1. The molecular weight excluding hydrogens is 376 g/mol. The van der Waals surface area contributed by atoms with Gasteiger partial charge >= 0.3 is 0 Å². The summed E-state index contributed by atoms with van der Waals surface area (Å²) in [6.45, 7) is 5.35. The van der Waals surface area contributed by atoms with Crippen molar-refractivity contribution < 1.29 is 4.79 Å². The Morgan fingerprint density at radius 3 is 2.48 bits per heavy atom. The molecule has 0 saturated heterocycles. The van der Waals surface area contributed by atoms with Gasteiger partial charge in [0.25, 0.3) is 5.91 Å². The van der Waals surface area contributed by atoms with Crippen LogP contribution in [0, 0.1) is 13.8 Å². The molecule has 2 aromatic carbocycles. The molecule has 0 aliphatic carbocycles. The van der Waals surface area contributed by atoms with Gasteiger partial charge in [0, 0.05) is 27.4 Å². The van der Waals surface area contributed by atoms with E-state index in [9.17, 15) is 4.79 Å². The predicted octanol–water partition coefficient (Wildman–Crippen LogP) is 5.80. The van der Waals surface area contributed by atoms with E-state index >= 15 is 0 Å². The fourth-order valence-corrected chi connectivity index (χ4v) is 4.48. The second-order valence-corrected chi connectivity index (χ2v) is 8.68. The van der Waals surface area contributed by atoms with Crippen molar-refractivity contribution in [2.75, 3.05) is 6.54 Å². The Bertz CT molecular complexity index is 1130. The summed E-state index contributed by atoms with van der Waals surface area (Å²) in [5.74, 6) is 0.0636. The number of hydrogen-bond donors (Lipinski definition) is 0. The Kier molecular flexibility index (Phi) is 5.72. The van der Waals surface area contributed by atoms with Gasteiger partial charge in [0.2, 0.25) is 0 Å². The van der Waals surface area contributed by atoms with Gasteiger partial charge in [-0.3, -0.25) is 9.78 Å². The van der Waals surface area contributed by atoms with Gasteiger partial charge in [-0.05, 0) is 50.1 Å². The van der Waals surface area contributed by atoms with E-state index in [-0.39, 0.29) is 5.91 Å². The minimum atomic E-state index is 0.0636. The molecule has 146 valence electrons. The molecule has 2 heterocycles. The first-order valence-electron chi connectivity index (χ1n) is 9.85. The van der Waals surface area contributed by atoms with E-state index in [0.29, 0.717) is 13.1 Å². The summed E-state index contributed by atoms with van der Waals surface area (Å²) in [7, 11) is 0. The monoisotopic (exact) mass is 400 g/mol. The van der Waals surface area contributed by atoms with Gasteiger partial charge in [-0.15, -0.1) is 11.3 Å². The molecule has 0 saturated carbocycles. The van der Waals surface area contributed by atoms with Crippen LogP contribution in [0.25, 0.3) is 10.9 Å². The Hall–Kier alpha value is -2.98. The SMILES string of the molecule is Cc1cc(C(=O)N(CCc2ccccc2)Cc2ccc(C)s2)c2ccccc2n1. The molecule has 2 aromatic heterocycles. The molecule has 0 unspecified atom stereocenters. The van der Waals surface area contributed by atoms with Crippen LogP contribution in [0.5, 0.6) is 0 Å². The second-order valence-electron chi connectivity index (χ2n) is 7.30. The molecule has 3 nitrogen and oxygen atoms in total. The fraction of sp³-hybridized carbons (Fsp3) is 0.200. The lowest BCUT2D eigenvalue weighted by molar-refractivity contribution is 0.0748. The number of carbonyl (C=O) groups excluding carboxylic acids is 1. The summed E-state index contributed by atoms with van der Waals surface area (Å²) >= 11 is 1.75. The highest BCUT2D eigenvalue weighted by molar-refractivity contribution is 7.11. The van der Waals surface area contributed by atoms with E-state index < -0.39 is 0 Å². The number of amides is 1. The largest absolute Gasteiger partial charge is 0.333 e. The molecule has 4 heteroatoms. The first-order valence-corrected chi connectivity index (χ1v) is 10.7. The van der Waals surface area contributed by atoms with Crippen LogP contribution < -0.4 is 0 Å². The number of fused-ring (bicyclic) bond motifs is 1. The van der Waals surface area contributed by atoms with Crippen molar-refractivity contribution in [3.63, 3.8) is 0 Å². The van der Waals surface area contributed by atoms with E-state index in [1.165, 1.54) is 15.3 Å². The van der Waals surface area contributed by atoms with Gasteiger partial charge in [-0.25, -0.2) is 0 Å². The Balaban J connectivity index is 1.67. The Morgan fingerprint density at radius 1 is 0.966 bits per heavy atom. The summed E-state index contributed by atoms with van der Waals surface area (Å²) in [4.78, 5) is 22.7. The first-order chi connectivity index (χ1) is 14.1. The average molecular weight is 401 g/mol. The summed E-state index contributed by atoms with van der Waals surface area (Å²) in [6.07, 6.45) is 0.832. The standard InChI is InChI=1S/C25H24N2OS/c1-18-16-23(22-10-6-7-11-24(22)26-18)25(28)27(17-21-13-12-19(2)29-21)15-14-20-8-4-3-5-9-20/h3-13,16H,14-15,17H2,1-2H3. The van der Waals surface area contributed by atoms with Crippen molar-refractivity contribution in [2.24, 2.45) is 0 Å². The Labute approximate surface area is 175 Å². The minimum Gasteiger partial charge on any atom is -0.333 e. The molecule has 0 aliphatic heterocycles. The summed E-state index contributed by atoms with van der Waals surface area (Å²) in [5.41, 5.74) is 3.70. The number of aryl methyl sites for hydroxylation is 2. The molecule has 29 heavy (non-hydrogen) atoms. The van der Waals surface area contributed by atoms with Crippen molar-refractivity contribution in [1.82, 2.24) is 9.88 Å². The van der Waals surface area contributed by atoms with Crippen LogP contribution >= 0.6 is 11.3 Å². The number of hydrogen-bond acceptors (Lipinski definition) is 3. The minimum absolute atomic E-state index is 0.0636. The van der Waals surface area contributed by atoms with Crippen LogP contribution in [0.2, 0.25) is 0 Å². The van der Waals surface area contributed by atoms with Crippen LogP contribution in [-0.2, 0) is 13.0 Å². The van der Waals surface area contributed by atoms with Gasteiger partial charge in [0.1, 0.15) is 0 Å². The molecule has 0 spiro atoms. The zero-order valence-corrected chi connectivity index (χ0v) is 17.6. The molecule has 0 aliphatic rings. The summed E-state index contributed by atoms with van der Waals surface area (Å²) < 4.78 is 0. The number of thiophene rings is 1. The van der Waals surface area contributed by atoms with Gasteiger partial charge in [-0.2, -0.15) is 0 Å². The third-order valence-corrected chi connectivity index (χ3v) is 6.00. The molecule has 1 amide bonds. The zero-order valence-electron chi connectivity index (χ0n) is 16.8. The maximum Gasteiger partial charge on any atom is 0.254 e. The molecule has 0 fully saturated rings. The highest BCUT2D eigenvalue weighted by Gasteiger charge is 2.20. The van der Waals surface area contributed by atoms with E-state index in [2.05, 4.69) is 36.2 Å². The van der Waals surface area contributed by atoms with Crippen LogP contribution in [-0.4, -0.2) is 22.3 Å². The zero-order chi connectivity index (χ0) is 20.2. The maximum atomic E-state index is 13.6. The number of nitrogens with zero attached hydrogens (tertiary/aromatic N) is 2. The first kappa shape index (κ1) is 19.3. The molecule has 4 aromatic rings. The van der Waals surface area contributed by atoms with Crippen molar-refractivity contribution in [3.8, 4) is 0 Å². The van der Waals surface area contributed by atoms with Crippen LogP contribution in [0.4, 0.5) is 0 Å². The maximum absolute atomic E-state index is 13.6. The van der Waals surface area contributed by atoms with Crippen LogP contribution in [0.1, 0.15) is 31.4 Å². The number of rotatable bonds is 6. The number of benzene rings is 2. The summed E-state index contributed by atoms with van der Waals surface area (Å²) in [6, 6.07) is 24.4. The van der Waals surface area contributed by atoms with Crippen molar-refractivity contribution in [1.29, 1.82) is 0 Å². The van der Waals surface area contributed by atoms with E-state index in [1.54, 1.807) is 11.3 Å². The van der Waals surface area contributed by atoms with E-state index in [0.717, 1.165) is 28.6 Å². The second kappa shape index (κ2) is 8.58. The van der Waals surface area contributed by atoms with Gasteiger partial charge < -0.3 is 4.90 Å². The molecular formula is C25H24N2OS. The van der Waals surface area contributed by atoms with E-state index in [1.807, 2.05) is 60.4 Å². The molecule has 0 bridgehead atoms. The number of pyridine rings is 1. The lowest BCUT2D eigenvalue weighted by Gasteiger charge is -2.23. The highest BCUT2D eigenvalue weighted by Crippen LogP contribution is 2.23. The van der Waals surface area contributed by atoms with Gasteiger partial charge in [-0.1, -0.05) is 48.5 Å². The lowest BCUT2D eigenvalue weighted by atomic mass is 10.1. The normalized spacial score (nSPS) is 11.0. The van der Waals surface area contributed by atoms with Gasteiger partial charge in [0.15, 0.2) is 0 Å².